The highest BCUT2D eigenvalue weighted by Gasteiger charge is 2.10. The van der Waals surface area contributed by atoms with Gasteiger partial charge in [-0.15, -0.1) is 11.8 Å². The maximum absolute atomic E-state index is 13.0. The van der Waals surface area contributed by atoms with Gasteiger partial charge in [0, 0.05) is 5.25 Å². The first-order chi connectivity index (χ1) is 7.65. The molecule has 0 aliphatic heterocycles. The SMILES string of the molecule is C[C@H](Sc1cnc(Cl)s1)c1cccc(F)c1. The number of thioether (sulfide) groups is 1. The van der Waals surface area contributed by atoms with Gasteiger partial charge in [0.2, 0.25) is 0 Å². The lowest BCUT2D eigenvalue weighted by Crippen LogP contribution is -1.88. The van der Waals surface area contributed by atoms with Crippen molar-refractivity contribution in [3.8, 4) is 0 Å². The second-order valence-corrected chi connectivity index (χ2v) is 6.50. The Bertz CT molecular complexity index is 486. The van der Waals surface area contributed by atoms with Crippen LogP contribution in [-0.4, -0.2) is 4.98 Å². The summed E-state index contributed by atoms with van der Waals surface area (Å²) in [5.74, 6) is -0.202. The fourth-order valence-electron chi connectivity index (χ4n) is 1.30. The third-order valence-electron chi connectivity index (χ3n) is 2.07. The molecule has 0 aliphatic carbocycles. The van der Waals surface area contributed by atoms with Crippen LogP contribution in [0.25, 0.3) is 0 Å². The van der Waals surface area contributed by atoms with Crippen molar-refractivity contribution in [1.29, 1.82) is 0 Å². The minimum absolute atomic E-state index is 0.187. The maximum atomic E-state index is 13.0. The second-order valence-electron chi connectivity index (χ2n) is 3.25. The molecule has 0 fully saturated rings. The number of rotatable bonds is 3. The highest BCUT2D eigenvalue weighted by Crippen LogP contribution is 2.38. The van der Waals surface area contributed by atoms with Crippen LogP contribution < -0.4 is 0 Å². The number of nitrogens with zero attached hydrogens (tertiary/aromatic N) is 1. The Morgan fingerprint density at radius 3 is 2.94 bits per heavy atom. The normalized spacial score (nSPS) is 12.7. The van der Waals surface area contributed by atoms with Crippen LogP contribution in [-0.2, 0) is 0 Å². The Kier molecular flexibility index (Phi) is 3.84. The zero-order valence-corrected chi connectivity index (χ0v) is 10.9. The molecule has 0 bridgehead atoms. The zero-order valence-electron chi connectivity index (χ0n) is 8.48. The molecule has 84 valence electrons. The number of thiazole rings is 1. The quantitative estimate of drug-likeness (QED) is 0.746. The predicted octanol–water partition coefficient (Wildman–Crippen LogP) is 4.79. The largest absolute Gasteiger partial charge is 0.232 e. The van der Waals surface area contributed by atoms with Gasteiger partial charge in [-0.1, -0.05) is 35.1 Å². The summed E-state index contributed by atoms with van der Waals surface area (Å²) in [5.41, 5.74) is 0.967. The molecule has 0 amide bonds. The van der Waals surface area contributed by atoms with Crippen LogP contribution in [0.3, 0.4) is 0 Å². The number of hydrogen-bond donors (Lipinski definition) is 0. The van der Waals surface area contributed by atoms with Crippen molar-refractivity contribution in [2.24, 2.45) is 0 Å². The van der Waals surface area contributed by atoms with Crippen molar-refractivity contribution in [2.75, 3.05) is 0 Å². The summed E-state index contributed by atoms with van der Waals surface area (Å²) in [6.45, 7) is 2.03. The van der Waals surface area contributed by atoms with E-state index in [0.717, 1.165) is 9.77 Å². The van der Waals surface area contributed by atoms with E-state index in [9.17, 15) is 4.39 Å². The molecule has 1 nitrogen and oxygen atoms in total. The molecular weight excluding hydrogens is 265 g/mol. The Balaban J connectivity index is 2.11. The summed E-state index contributed by atoms with van der Waals surface area (Å²) in [4.78, 5) is 3.97. The van der Waals surface area contributed by atoms with Crippen molar-refractivity contribution < 1.29 is 4.39 Å². The van der Waals surface area contributed by atoms with E-state index < -0.39 is 0 Å². The van der Waals surface area contributed by atoms with Crippen molar-refractivity contribution in [1.82, 2.24) is 4.98 Å². The van der Waals surface area contributed by atoms with Crippen LogP contribution in [0, 0.1) is 5.82 Å². The van der Waals surface area contributed by atoms with Gasteiger partial charge in [-0.25, -0.2) is 9.37 Å². The number of hydrogen-bond acceptors (Lipinski definition) is 3. The summed E-state index contributed by atoms with van der Waals surface area (Å²) in [5, 5.41) is 0.187. The molecule has 0 saturated heterocycles. The molecule has 0 radical (unpaired) electrons. The Labute approximate surface area is 107 Å². The lowest BCUT2D eigenvalue weighted by molar-refractivity contribution is 0.625. The molecule has 1 aromatic heterocycles. The molecule has 2 aromatic rings. The van der Waals surface area contributed by atoms with Crippen LogP contribution in [0.15, 0.2) is 34.7 Å². The third kappa shape index (κ3) is 2.97. The first-order valence-corrected chi connectivity index (χ1v) is 6.76. The van der Waals surface area contributed by atoms with E-state index in [0.29, 0.717) is 4.47 Å². The second kappa shape index (κ2) is 5.17. The fourth-order valence-corrected chi connectivity index (χ4v) is 3.71. The maximum Gasteiger partial charge on any atom is 0.184 e. The molecule has 16 heavy (non-hydrogen) atoms. The van der Waals surface area contributed by atoms with Crippen molar-refractivity contribution in [2.45, 2.75) is 16.4 Å². The van der Waals surface area contributed by atoms with E-state index in [1.807, 2.05) is 13.0 Å². The molecule has 1 aromatic carbocycles. The first kappa shape index (κ1) is 11.9. The fraction of sp³-hybridized carbons (Fsp3) is 0.182. The van der Waals surface area contributed by atoms with E-state index in [4.69, 9.17) is 11.6 Å². The van der Waals surface area contributed by atoms with Gasteiger partial charge < -0.3 is 0 Å². The average Bonchev–Trinajstić information content (AvgIpc) is 2.64. The molecule has 0 spiro atoms. The highest BCUT2D eigenvalue weighted by atomic mass is 35.5. The first-order valence-electron chi connectivity index (χ1n) is 4.68. The molecule has 0 saturated carbocycles. The van der Waals surface area contributed by atoms with Crippen LogP contribution >= 0.6 is 34.7 Å². The van der Waals surface area contributed by atoms with Crippen LogP contribution in [0.4, 0.5) is 4.39 Å². The van der Waals surface area contributed by atoms with E-state index in [-0.39, 0.29) is 11.1 Å². The van der Waals surface area contributed by atoms with E-state index in [2.05, 4.69) is 4.98 Å². The summed E-state index contributed by atoms with van der Waals surface area (Å²) in [7, 11) is 0. The van der Waals surface area contributed by atoms with E-state index in [1.165, 1.54) is 17.4 Å². The Morgan fingerprint density at radius 2 is 2.31 bits per heavy atom. The lowest BCUT2D eigenvalue weighted by atomic mass is 10.2. The molecule has 0 unspecified atom stereocenters. The van der Waals surface area contributed by atoms with Gasteiger partial charge >= 0.3 is 0 Å². The molecule has 2 rings (SSSR count). The molecule has 5 heteroatoms. The molecular formula is C11H9ClFNS2. The average molecular weight is 274 g/mol. The van der Waals surface area contributed by atoms with Crippen LogP contribution in [0.2, 0.25) is 4.47 Å². The molecule has 0 aliphatic rings. The molecule has 1 heterocycles. The van der Waals surface area contributed by atoms with Crippen molar-refractivity contribution in [3.05, 3.63) is 46.3 Å². The van der Waals surface area contributed by atoms with Gasteiger partial charge in [-0.05, 0) is 24.6 Å². The number of benzene rings is 1. The van der Waals surface area contributed by atoms with Crippen LogP contribution in [0.5, 0.6) is 0 Å². The standard InChI is InChI=1S/C11H9ClFNS2/c1-7(8-3-2-4-9(13)5-8)15-10-6-14-11(12)16-10/h2-7H,1H3/t7-/m0/s1. The monoisotopic (exact) mass is 273 g/mol. The van der Waals surface area contributed by atoms with Crippen molar-refractivity contribution >= 4 is 34.7 Å². The van der Waals surface area contributed by atoms with Crippen molar-refractivity contribution in [3.63, 3.8) is 0 Å². The summed E-state index contributed by atoms with van der Waals surface area (Å²) in [6.07, 6.45) is 1.74. The minimum Gasteiger partial charge on any atom is -0.232 e. The van der Waals surface area contributed by atoms with Gasteiger partial charge in [-0.2, -0.15) is 0 Å². The third-order valence-corrected chi connectivity index (χ3v) is 4.48. The van der Waals surface area contributed by atoms with Gasteiger partial charge in [0.05, 0.1) is 10.4 Å². The van der Waals surface area contributed by atoms with Gasteiger partial charge in [0.1, 0.15) is 5.82 Å². The van der Waals surface area contributed by atoms with Crippen LogP contribution in [0.1, 0.15) is 17.7 Å². The summed E-state index contributed by atoms with van der Waals surface area (Å²) < 4.78 is 14.6. The van der Waals surface area contributed by atoms with Gasteiger partial charge in [0.15, 0.2) is 4.47 Å². The molecule has 1 atom stereocenters. The molecule has 0 N–H and O–H groups in total. The minimum atomic E-state index is -0.202. The number of aromatic nitrogens is 1. The smallest absolute Gasteiger partial charge is 0.184 e. The predicted molar refractivity (Wildman–Crippen MR) is 67.8 cm³/mol. The van der Waals surface area contributed by atoms with Gasteiger partial charge in [0.25, 0.3) is 0 Å². The Hall–Kier alpha value is -0.580. The van der Waals surface area contributed by atoms with E-state index >= 15 is 0 Å². The lowest BCUT2D eigenvalue weighted by Gasteiger charge is -2.09. The number of halogens is 2. The summed E-state index contributed by atoms with van der Waals surface area (Å²) >= 11 is 8.82. The highest BCUT2D eigenvalue weighted by molar-refractivity contribution is 8.01. The zero-order chi connectivity index (χ0) is 11.5. The van der Waals surface area contributed by atoms with Gasteiger partial charge in [-0.3, -0.25) is 0 Å². The summed E-state index contributed by atoms with van der Waals surface area (Å²) in [6, 6.07) is 6.65. The topological polar surface area (TPSA) is 12.9 Å². The van der Waals surface area contributed by atoms with E-state index in [1.54, 1.807) is 30.1 Å². The Morgan fingerprint density at radius 1 is 1.50 bits per heavy atom.